The number of fused-ring (bicyclic) bond motifs is 1. The molecular formula is C11H10ClFN2O2. The fourth-order valence-corrected chi connectivity index (χ4v) is 1.62. The first-order valence-electron chi connectivity index (χ1n) is 4.96. The van der Waals surface area contributed by atoms with Gasteiger partial charge in [0.2, 0.25) is 0 Å². The maximum Gasteiger partial charge on any atom is 0.318 e. The minimum atomic E-state index is -0.448. The molecule has 0 N–H and O–H groups in total. The van der Waals surface area contributed by atoms with Crippen molar-refractivity contribution in [2.24, 2.45) is 0 Å². The summed E-state index contributed by atoms with van der Waals surface area (Å²) in [6.45, 7) is 0.732. The highest BCUT2D eigenvalue weighted by Crippen LogP contribution is 2.25. The van der Waals surface area contributed by atoms with Crippen LogP contribution in [-0.4, -0.2) is 30.3 Å². The number of benzene rings is 1. The number of hydrogen-bond acceptors (Lipinski definition) is 4. The van der Waals surface area contributed by atoms with Crippen LogP contribution in [0.3, 0.4) is 0 Å². The number of aromatic nitrogens is 2. The third kappa shape index (κ3) is 2.62. The second-order valence-electron chi connectivity index (χ2n) is 3.27. The van der Waals surface area contributed by atoms with Gasteiger partial charge in [-0.3, -0.25) is 0 Å². The van der Waals surface area contributed by atoms with Crippen LogP contribution in [0.5, 0.6) is 6.01 Å². The van der Waals surface area contributed by atoms with Crippen LogP contribution in [0.1, 0.15) is 0 Å². The molecule has 17 heavy (non-hydrogen) atoms. The molecule has 1 aromatic carbocycles. The number of halogens is 2. The molecule has 0 saturated carbocycles. The predicted molar refractivity (Wildman–Crippen MR) is 61.9 cm³/mol. The van der Waals surface area contributed by atoms with E-state index in [0.717, 1.165) is 0 Å². The highest BCUT2D eigenvalue weighted by molar-refractivity contribution is 6.34. The van der Waals surface area contributed by atoms with E-state index >= 15 is 0 Å². The molecule has 0 radical (unpaired) electrons. The van der Waals surface area contributed by atoms with Gasteiger partial charge in [0.15, 0.2) is 0 Å². The molecule has 0 amide bonds. The van der Waals surface area contributed by atoms with Crippen LogP contribution in [-0.2, 0) is 4.74 Å². The van der Waals surface area contributed by atoms with Gasteiger partial charge < -0.3 is 9.47 Å². The van der Waals surface area contributed by atoms with Crippen LogP contribution >= 0.6 is 11.6 Å². The Hall–Kier alpha value is -1.46. The van der Waals surface area contributed by atoms with E-state index in [2.05, 4.69) is 9.97 Å². The van der Waals surface area contributed by atoms with Crippen LogP contribution in [0.2, 0.25) is 5.15 Å². The zero-order valence-corrected chi connectivity index (χ0v) is 9.87. The monoisotopic (exact) mass is 256 g/mol. The average molecular weight is 257 g/mol. The molecule has 0 aliphatic carbocycles. The Morgan fingerprint density at radius 2 is 2.12 bits per heavy atom. The molecule has 0 atom stereocenters. The summed E-state index contributed by atoms with van der Waals surface area (Å²) in [5.74, 6) is -0.448. The molecule has 4 nitrogen and oxygen atoms in total. The lowest BCUT2D eigenvalue weighted by atomic mass is 10.2. The van der Waals surface area contributed by atoms with Crippen molar-refractivity contribution in [2.75, 3.05) is 20.3 Å². The molecule has 0 spiro atoms. The molecule has 6 heteroatoms. The normalized spacial score (nSPS) is 10.8. The molecule has 0 unspecified atom stereocenters. The van der Waals surface area contributed by atoms with Gasteiger partial charge >= 0.3 is 6.01 Å². The van der Waals surface area contributed by atoms with E-state index in [1.165, 1.54) is 6.07 Å². The first-order chi connectivity index (χ1) is 8.22. The summed E-state index contributed by atoms with van der Waals surface area (Å²) in [6.07, 6.45) is 0. The molecule has 1 heterocycles. The first kappa shape index (κ1) is 12.0. The maximum atomic E-state index is 13.5. The van der Waals surface area contributed by atoms with E-state index in [9.17, 15) is 4.39 Å². The van der Waals surface area contributed by atoms with Gasteiger partial charge in [0.05, 0.1) is 17.5 Å². The number of nitrogens with zero attached hydrogens (tertiary/aromatic N) is 2. The Labute approximate surface area is 102 Å². The molecule has 0 aliphatic rings. The largest absolute Gasteiger partial charge is 0.461 e. The van der Waals surface area contributed by atoms with Gasteiger partial charge in [-0.15, -0.1) is 0 Å². The second kappa shape index (κ2) is 5.25. The lowest BCUT2D eigenvalue weighted by molar-refractivity contribution is 0.141. The number of ether oxygens (including phenoxy) is 2. The van der Waals surface area contributed by atoms with Crippen LogP contribution < -0.4 is 4.74 Å². The Kier molecular flexibility index (Phi) is 3.71. The molecule has 2 rings (SSSR count). The fourth-order valence-electron chi connectivity index (χ4n) is 1.36. The van der Waals surface area contributed by atoms with Gasteiger partial charge in [-0.05, 0) is 12.1 Å². The topological polar surface area (TPSA) is 44.2 Å². The van der Waals surface area contributed by atoms with E-state index < -0.39 is 5.82 Å². The second-order valence-corrected chi connectivity index (χ2v) is 3.63. The van der Waals surface area contributed by atoms with E-state index in [1.807, 2.05) is 0 Å². The zero-order chi connectivity index (χ0) is 12.3. The molecule has 0 aliphatic heterocycles. The summed E-state index contributed by atoms with van der Waals surface area (Å²) in [5.41, 5.74) is 0.414. The Balaban J connectivity index is 2.35. The smallest absolute Gasteiger partial charge is 0.318 e. The van der Waals surface area contributed by atoms with Gasteiger partial charge in [0, 0.05) is 7.11 Å². The van der Waals surface area contributed by atoms with Crippen molar-refractivity contribution in [1.82, 2.24) is 9.97 Å². The highest BCUT2D eigenvalue weighted by Gasteiger charge is 2.10. The van der Waals surface area contributed by atoms with Crippen LogP contribution in [0.4, 0.5) is 4.39 Å². The van der Waals surface area contributed by atoms with Crippen molar-refractivity contribution < 1.29 is 13.9 Å². The Morgan fingerprint density at radius 3 is 2.88 bits per heavy atom. The van der Waals surface area contributed by atoms with Gasteiger partial charge in [-0.1, -0.05) is 17.7 Å². The van der Waals surface area contributed by atoms with Crippen molar-refractivity contribution in [3.05, 3.63) is 29.2 Å². The van der Waals surface area contributed by atoms with Crippen LogP contribution in [0.25, 0.3) is 10.9 Å². The third-order valence-electron chi connectivity index (χ3n) is 2.13. The van der Waals surface area contributed by atoms with Crippen molar-refractivity contribution in [3.8, 4) is 6.01 Å². The Bertz CT molecular complexity index is 536. The van der Waals surface area contributed by atoms with E-state index in [-0.39, 0.29) is 16.5 Å². The van der Waals surface area contributed by atoms with Crippen molar-refractivity contribution >= 4 is 22.5 Å². The zero-order valence-electron chi connectivity index (χ0n) is 9.11. The summed E-state index contributed by atoms with van der Waals surface area (Å²) in [4.78, 5) is 7.93. The van der Waals surface area contributed by atoms with Crippen LogP contribution in [0.15, 0.2) is 18.2 Å². The highest BCUT2D eigenvalue weighted by atomic mass is 35.5. The summed E-state index contributed by atoms with van der Waals surface area (Å²) >= 11 is 5.88. The maximum absolute atomic E-state index is 13.5. The Morgan fingerprint density at radius 1 is 1.29 bits per heavy atom. The lowest BCUT2D eigenvalue weighted by Crippen LogP contribution is -2.07. The molecule has 90 valence electrons. The summed E-state index contributed by atoms with van der Waals surface area (Å²) < 4.78 is 23.5. The third-order valence-corrected chi connectivity index (χ3v) is 2.40. The SMILES string of the molecule is COCCOc1nc(Cl)c2c(F)cccc2n1. The molecule has 1 aromatic heterocycles. The molecule has 0 saturated heterocycles. The lowest BCUT2D eigenvalue weighted by Gasteiger charge is -2.06. The minimum absolute atomic E-state index is 0.0421. The quantitative estimate of drug-likeness (QED) is 0.623. The summed E-state index contributed by atoms with van der Waals surface area (Å²) in [6, 6.07) is 4.63. The standard InChI is InChI=1S/C11H10ClFN2O2/c1-16-5-6-17-11-14-8-4-2-3-7(13)9(8)10(12)15-11/h2-4H,5-6H2,1H3. The van der Waals surface area contributed by atoms with Gasteiger partial charge in [-0.25, -0.2) is 4.39 Å². The molecule has 0 bridgehead atoms. The number of hydrogen-bond donors (Lipinski definition) is 0. The molecular weight excluding hydrogens is 247 g/mol. The van der Waals surface area contributed by atoms with Crippen molar-refractivity contribution in [1.29, 1.82) is 0 Å². The van der Waals surface area contributed by atoms with Crippen molar-refractivity contribution in [3.63, 3.8) is 0 Å². The molecule has 0 fully saturated rings. The molecule has 2 aromatic rings. The van der Waals surface area contributed by atoms with Crippen molar-refractivity contribution in [2.45, 2.75) is 0 Å². The average Bonchev–Trinajstić information content (AvgIpc) is 2.29. The van der Waals surface area contributed by atoms with Gasteiger partial charge in [-0.2, -0.15) is 9.97 Å². The predicted octanol–water partition coefficient (Wildman–Crippen LogP) is 2.45. The number of rotatable bonds is 4. The van der Waals surface area contributed by atoms with E-state index in [4.69, 9.17) is 21.1 Å². The van der Waals surface area contributed by atoms with E-state index in [0.29, 0.717) is 18.7 Å². The minimum Gasteiger partial charge on any atom is -0.461 e. The van der Waals surface area contributed by atoms with Gasteiger partial charge in [0.25, 0.3) is 0 Å². The number of methoxy groups -OCH3 is 1. The summed E-state index contributed by atoms with van der Waals surface area (Å²) in [5, 5.41) is 0.244. The van der Waals surface area contributed by atoms with Gasteiger partial charge in [0.1, 0.15) is 17.6 Å². The fraction of sp³-hybridized carbons (Fsp3) is 0.273. The summed E-state index contributed by atoms with van der Waals surface area (Å²) in [7, 11) is 1.56. The van der Waals surface area contributed by atoms with E-state index in [1.54, 1.807) is 19.2 Å². The van der Waals surface area contributed by atoms with Crippen LogP contribution in [0, 0.1) is 5.82 Å². The first-order valence-corrected chi connectivity index (χ1v) is 5.33.